The molecule has 1 aliphatic rings. The summed E-state index contributed by atoms with van der Waals surface area (Å²) in [6, 6.07) is 8.17. The van der Waals surface area contributed by atoms with Crippen molar-refractivity contribution < 1.29 is 14.2 Å². The Balaban J connectivity index is 1.62. The molecule has 1 atom stereocenters. The molecule has 1 N–H and O–H groups in total. The molecule has 2 rings (SSSR count). The van der Waals surface area contributed by atoms with Crippen LogP contribution >= 0.6 is 0 Å². The first-order chi connectivity index (χ1) is 10.3. The highest BCUT2D eigenvalue weighted by Gasteiger charge is 2.13. The molecule has 0 amide bonds. The Labute approximate surface area is 127 Å². The second kappa shape index (κ2) is 8.87. The molecule has 1 aromatic rings. The summed E-state index contributed by atoms with van der Waals surface area (Å²) in [5, 5.41) is 3.49. The van der Waals surface area contributed by atoms with Crippen molar-refractivity contribution in [3.8, 4) is 11.5 Å². The Morgan fingerprint density at radius 2 is 1.95 bits per heavy atom. The highest BCUT2D eigenvalue weighted by Crippen LogP contribution is 2.25. The van der Waals surface area contributed by atoms with Crippen LogP contribution < -0.4 is 14.8 Å². The van der Waals surface area contributed by atoms with Crippen LogP contribution in [0.3, 0.4) is 0 Å². The van der Waals surface area contributed by atoms with E-state index in [9.17, 15) is 0 Å². The summed E-state index contributed by atoms with van der Waals surface area (Å²) >= 11 is 0. The highest BCUT2D eigenvalue weighted by atomic mass is 16.5. The maximum atomic E-state index is 5.75. The zero-order valence-electron chi connectivity index (χ0n) is 13.0. The van der Waals surface area contributed by atoms with E-state index in [1.54, 1.807) is 7.11 Å². The van der Waals surface area contributed by atoms with Crippen LogP contribution in [0.5, 0.6) is 11.5 Å². The molecule has 5 nitrogen and oxygen atoms in total. The van der Waals surface area contributed by atoms with Crippen LogP contribution in [0.4, 0.5) is 0 Å². The van der Waals surface area contributed by atoms with E-state index in [1.165, 1.54) is 0 Å². The lowest BCUT2D eigenvalue weighted by Crippen LogP contribution is -2.45. The van der Waals surface area contributed by atoms with Gasteiger partial charge in [0.2, 0.25) is 0 Å². The predicted molar refractivity (Wildman–Crippen MR) is 83.2 cm³/mol. The van der Waals surface area contributed by atoms with Gasteiger partial charge in [0.15, 0.2) is 11.5 Å². The van der Waals surface area contributed by atoms with Crippen molar-refractivity contribution in [2.24, 2.45) is 0 Å². The van der Waals surface area contributed by atoms with Gasteiger partial charge in [0.1, 0.15) is 6.61 Å². The third kappa shape index (κ3) is 5.53. The number of methoxy groups -OCH3 is 1. The minimum Gasteiger partial charge on any atom is -0.493 e. The van der Waals surface area contributed by atoms with Crippen LogP contribution in [-0.2, 0) is 4.74 Å². The Hall–Kier alpha value is -1.30. The fraction of sp³-hybridized carbons (Fsp3) is 0.625. The normalized spacial score (nSPS) is 17.4. The van der Waals surface area contributed by atoms with Gasteiger partial charge in [-0.1, -0.05) is 12.1 Å². The largest absolute Gasteiger partial charge is 0.493 e. The summed E-state index contributed by atoms with van der Waals surface area (Å²) in [5.41, 5.74) is 0. The van der Waals surface area contributed by atoms with Gasteiger partial charge in [0, 0.05) is 32.2 Å². The second-order valence-electron chi connectivity index (χ2n) is 5.27. The molecule has 118 valence electrons. The van der Waals surface area contributed by atoms with Crippen molar-refractivity contribution in [2.45, 2.75) is 13.0 Å². The Bertz CT molecular complexity index is 408. The van der Waals surface area contributed by atoms with E-state index < -0.39 is 0 Å². The van der Waals surface area contributed by atoms with Crippen LogP contribution in [0.2, 0.25) is 0 Å². The van der Waals surface area contributed by atoms with Gasteiger partial charge in [-0.05, 0) is 19.1 Å². The zero-order valence-corrected chi connectivity index (χ0v) is 13.0. The summed E-state index contributed by atoms with van der Waals surface area (Å²) < 4.78 is 16.4. The highest BCUT2D eigenvalue weighted by molar-refractivity contribution is 5.39. The molecule has 1 unspecified atom stereocenters. The molecule has 0 saturated carbocycles. The average molecular weight is 294 g/mol. The average Bonchev–Trinajstić information content (AvgIpc) is 2.53. The van der Waals surface area contributed by atoms with Crippen molar-refractivity contribution in [2.75, 3.05) is 53.1 Å². The van der Waals surface area contributed by atoms with Gasteiger partial charge in [-0.2, -0.15) is 0 Å². The van der Waals surface area contributed by atoms with E-state index in [-0.39, 0.29) is 0 Å². The first-order valence-corrected chi connectivity index (χ1v) is 7.59. The molecule has 0 spiro atoms. The SMILES string of the molecule is COc1ccccc1OCCNC(C)CN1CCOCC1. The molecule has 1 saturated heterocycles. The van der Waals surface area contributed by atoms with Gasteiger partial charge in [0.25, 0.3) is 0 Å². The van der Waals surface area contributed by atoms with Crippen molar-refractivity contribution >= 4 is 0 Å². The number of rotatable bonds is 8. The van der Waals surface area contributed by atoms with E-state index in [1.807, 2.05) is 24.3 Å². The summed E-state index contributed by atoms with van der Waals surface area (Å²) in [5.74, 6) is 1.57. The molecule has 1 aliphatic heterocycles. The summed E-state index contributed by atoms with van der Waals surface area (Å²) in [4.78, 5) is 2.43. The van der Waals surface area contributed by atoms with Crippen molar-refractivity contribution in [1.29, 1.82) is 0 Å². The molecule has 0 radical (unpaired) electrons. The Morgan fingerprint density at radius 1 is 1.24 bits per heavy atom. The van der Waals surface area contributed by atoms with Gasteiger partial charge in [-0.15, -0.1) is 0 Å². The fourth-order valence-electron chi connectivity index (χ4n) is 2.44. The van der Waals surface area contributed by atoms with E-state index in [0.717, 1.165) is 50.9 Å². The van der Waals surface area contributed by atoms with Crippen LogP contribution in [0.25, 0.3) is 0 Å². The molecule has 21 heavy (non-hydrogen) atoms. The maximum Gasteiger partial charge on any atom is 0.161 e. The number of nitrogens with zero attached hydrogens (tertiary/aromatic N) is 1. The summed E-state index contributed by atoms with van der Waals surface area (Å²) in [6.07, 6.45) is 0. The molecule has 0 aromatic heterocycles. The van der Waals surface area contributed by atoms with E-state index in [2.05, 4.69) is 17.1 Å². The standard InChI is InChI=1S/C16H26N2O3/c1-14(13-18-8-11-20-12-9-18)17-7-10-21-16-6-4-3-5-15(16)19-2/h3-6,14,17H,7-13H2,1-2H3. The lowest BCUT2D eigenvalue weighted by Gasteiger charge is -2.29. The van der Waals surface area contributed by atoms with Crippen molar-refractivity contribution in [3.05, 3.63) is 24.3 Å². The maximum absolute atomic E-state index is 5.75. The number of para-hydroxylation sites is 2. The van der Waals surface area contributed by atoms with Gasteiger partial charge in [-0.3, -0.25) is 4.90 Å². The molecule has 1 aromatic carbocycles. The van der Waals surface area contributed by atoms with E-state index in [0.29, 0.717) is 12.6 Å². The van der Waals surface area contributed by atoms with Crippen LogP contribution in [-0.4, -0.2) is 64.1 Å². The number of morpholine rings is 1. The van der Waals surface area contributed by atoms with Crippen LogP contribution in [0.15, 0.2) is 24.3 Å². The summed E-state index contributed by atoms with van der Waals surface area (Å²) in [7, 11) is 1.66. The van der Waals surface area contributed by atoms with Crippen LogP contribution in [0.1, 0.15) is 6.92 Å². The molecule has 0 aliphatic carbocycles. The fourth-order valence-corrected chi connectivity index (χ4v) is 2.44. The molecular formula is C16H26N2O3. The van der Waals surface area contributed by atoms with Gasteiger partial charge in [0.05, 0.1) is 20.3 Å². The monoisotopic (exact) mass is 294 g/mol. The topological polar surface area (TPSA) is 43.0 Å². The minimum atomic E-state index is 0.448. The second-order valence-corrected chi connectivity index (χ2v) is 5.27. The molecule has 0 bridgehead atoms. The van der Waals surface area contributed by atoms with Gasteiger partial charge < -0.3 is 19.5 Å². The summed E-state index contributed by atoms with van der Waals surface area (Å²) in [6.45, 7) is 8.48. The first-order valence-electron chi connectivity index (χ1n) is 7.59. The number of benzene rings is 1. The zero-order chi connectivity index (χ0) is 14.9. The first kappa shape index (κ1) is 16.1. The number of hydrogen-bond donors (Lipinski definition) is 1. The lowest BCUT2D eigenvalue weighted by atomic mass is 10.3. The number of hydrogen-bond acceptors (Lipinski definition) is 5. The molecule has 1 fully saturated rings. The van der Waals surface area contributed by atoms with Gasteiger partial charge in [-0.25, -0.2) is 0 Å². The van der Waals surface area contributed by atoms with Crippen LogP contribution in [0, 0.1) is 0 Å². The van der Waals surface area contributed by atoms with E-state index in [4.69, 9.17) is 14.2 Å². The molecule has 5 heteroatoms. The number of ether oxygens (including phenoxy) is 3. The van der Waals surface area contributed by atoms with Gasteiger partial charge >= 0.3 is 0 Å². The third-order valence-electron chi connectivity index (χ3n) is 3.56. The lowest BCUT2D eigenvalue weighted by molar-refractivity contribution is 0.0342. The third-order valence-corrected chi connectivity index (χ3v) is 3.56. The van der Waals surface area contributed by atoms with Crippen molar-refractivity contribution in [3.63, 3.8) is 0 Å². The smallest absolute Gasteiger partial charge is 0.161 e. The van der Waals surface area contributed by atoms with Crippen molar-refractivity contribution in [1.82, 2.24) is 10.2 Å². The number of nitrogens with one attached hydrogen (secondary N) is 1. The minimum absolute atomic E-state index is 0.448. The molecule has 1 heterocycles. The Kier molecular flexibility index (Phi) is 6.79. The Morgan fingerprint density at radius 3 is 2.67 bits per heavy atom. The quantitative estimate of drug-likeness (QED) is 0.734. The van der Waals surface area contributed by atoms with E-state index >= 15 is 0 Å². The molecular weight excluding hydrogens is 268 g/mol. The predicted octanol–water partition coefficient (Wildman–Crippen LogP) is 1.38.